The Kier molecular flexibility index (Phi) is 1.62. The first-order chi connectivity index (χ1) is 5.68. The second-order valence-corrected chi connectivity index (χ2v) is 3.45. The lowest BCUT2D eigenvalue weighted by Crippen LogP contribution is -1.74. The maximum absolute atomic E-state index is 6.05. The normalized spacial score (nSPS) is 10.9. The molecule has 0 spiro atoms. The molecule has 0 aliphatic heterocycles. The molecule has 0 unspecified atom stereocenters. The van der Waals surface area contributed by atoms with Gasteiger partial charge in [0, 0.05) is 5.39 Å². The van der Waals surface area contributed by atoms with Crippen LogP contribution in [0.2, 0.25) is 5.02 Å². The highest BCUT2D eigenvalue weighted by atomic mass is 35.5. The third-order valence-corrected chi connectivity index (χ3v) is 2.25. The molecule has 0 saturated heterocycles. The van der Waals surface area contributed by atoms with Gasteiger partial charge in [0.1, 0.15) is 5.58 Å². The Morgan fingerprint density at radius 1 is 1.25 bits per heavy atom. The molecule has 0 atom stereocenters. The van der Waals surface area contributed by atoms with Crippen molar-refractivity contribution < 1.29 is 4.42 Å². The summed E-state index contributed by atoms with van der Waals surface area (Å²) >= 11 is 6.05. The highest BCUT2D eigenvalue weighted by molar-refractivity contribution is 6.35. The predicted molar refractivity (Wildman–Crippen MR) is 50.7 cm³/mol. The van der Waals surface area contributed by atoms with Crippen LogP contribution in [0.1, 0.15) is 11.1 Å². The number of rotatable bonds is 0. The van der Waals surface area contributed by atoms with E-state index in [1.165, 1.54) is 0 Å². The largest absolute Gasteiger partial charge is 0.464 e. The van der Waals surface area contributed by atoms with E-state index in [-0.39, 0.29) is 0 Å². The quantitative estimate of drug-likeness (QED) is 0.603. The molecule has 0 fully saturated rings. The minimum absolute atomic E-state index is 0.774. The topological polar surface area (TPSA) is 13.1 Å². The van der Waals surface area contributed by atoms with Crippen molar-refractivity contribution in [1.29, 1.82) is 0 Å². The zero-order valence-electron chi connectivity index (χ0n) is 7.02. The Labute approximate surface area is 75.9 Å². The molecule has 2 rings (SSSR count). The molecular weight excluding hydrogens is 172 g/mol. The lowest BCUT2D eigenvalue weighted by Gasteiger charge is -1.96. The number of fused-ring (bicyclic) bond motifs is 1. The number of benzene rings is 1. The number of aryl methyl sites for hydroxylation is 2. The smallest absolute Gasteiger partial charge is 0.135 e. The standard InChI is InChI=1S/C10H9ClO/c1-6-3-8(11)10-7(2)5-12-9(10)4-6/h3-5H,1-2H3. The van der Waals surface area contributed by atoms with Gasteiger partial charge < -0.3 is 4.42 Å². The molecule has 12 heavy (non-hydrogen) atoms. The van der Waals surface area contributed by atoms with Crippen LogP contribution < -0.4 is 0 Å². The molecule has 0 N–H and O–H groups in total. The monoisotopic (exact) mass is 180 g/mol. The van der Waals surface area contributed by atoms with Gasteiger partial charge in [-0.3, -0.25) is 0 Å². The van der Waals surface area contributed by atoms with Crippen LogP contribution in [0.4, 0.5) is 0 Å². The Bertz CT molecular complexity index is 429. The van der Waals surface area contributed by atoms with Crippen LogP contribution in [0.25, 0.3) is 11.0 Å². The summed E-state index contributed by atoms with van der Waals surface area (Å²) in [6.45, 7) is 4.00. The van der Waals surface area contributed by atoms with Gasteiger partial charge in [0.2, 0.25) is 0 Å². The first-order valence-electron chi connectivity index (χ1n) is 3.82. The van der Waals surface area contributed by atoms with Gasteiger partial charge in [-0.15, -0.1) is 0 Å². The Morgan fingerprint density at radius 2 is 2.00 bits per heavy atom. The summed E-state index contributed by atoms with van der Waals surface area (Å²) in [5, 5.41) is 1.80. The van der Waals surface area contributed by atoms with Crippen molar-refractivity contribution in [2.24, 2.45) is 0 Å². The average molecular weight is 181 g/mol. The first-order valence-corrected chi connectivity index (χ1v) is 4.20. The zero-order chi connectivity index (χ0) is 8.72. The second kappa shape index (κ2) is 2.53. The van der Waals surface area contributed by atoms with E-state index in [1.54, 1.807) is 6.26 Å². The minimum atomic E-state index is 0.774. The average Bonchev–Trinajstić information content (AvgIpc) is 2.31. The third-order valence-electron chi connectivity index (χ3n) is 1.96. The Hall–Kier alpha value is -0.950. The predicted octanol–water partition coefficient (Wildman–Crippen LogP) is 3.70. The van der Waals surface area contributed by atoms with E-state index in [4.69, 9.17) is 16.0 Å². The third kappa shape index (κ3) is 1.01. The fourth-order valence-electron chi connectivity index (χ4n) is 1.40. The molecule has 1 aromatic carbocycles. The summed E-state index contributed by atoms with van der Waals surface area (Å²) < 4.78 is 5.33. The van der Waals surface area contributed by atoms with Gasteiger partial charge in [-0.1, -0.05) is 11.6 Å². The zero-order valence-corrected chi connectivity index (χ0v) is 7.77. The van der Waals surface area contributed by atoms with Crippen molar-refractivity contribution in [1.82, 2.24) is 0 Å². The van der Waals surface area contributed by atoms with Gasteiger partial charge in [0.15, 0.2) is 0 Å². The van der Waals surface area contributed by atoms with Crippen molar-refractivity contribution >= 4 is 22.6 Å². The van der Waals surface area contributed by atoms with Crippen molar-refractivity contribution in [2.75, 3.05) is 0 Å². The fourth-order valence-corrected chi connectivity index (χ4v) is 1.81. The van der Waals surface area contributed by atoms with Crippen molar-refractivity contribution in [2.45, 2.75) is 13.8 Å². The minimum Gasteiger partial charge on any atom is -0.464 e. The Morgan fingerprint density at radius 3 is 2.75 bits per heavy atom. The number of hydrogen-bond acceptors (Lipinski definition) is 1. The van der Waals surface area contributed by atoms with Crippen LogP contribution in [0.3, 0.4) is 0 Å². The van der Waals surface area contributed by atoms with Crippen molar-refractivity contribution in [3.63, 3.8) is 0 Å². The van der Waals surface area contributed by atoms with Gasteiger partial charge in [0.05, 0.1) is 11.3 Å². The van der Waals surface area contributed by atoms with E-state index in [9.17, 15) is 0 Å². The van der Waals surface area contributed by atoms with Crippen molar-refractivity contribution in [3.8, 4) is 0 Å². The first kappa shape index (κ1) is 7.69. The van der Waals surface area contributed by atoms with Crippen LogP contribution in [0.5, 0.6) is 0 Å². The molecule has 1 aromatic heterocycles. The molecule has 0 bridgehead atoms. The molecule has 0 saturated carbocycles. The lowest BCUT2D eigenvalue weighted by atomic mass is 10.1. The Balaban J connectivity index is 2.93. The molecule has 0 amide bonds. The molecule has 0 aliphatic carbocycles. The van der Waals surface area contributed by atoms with Crippen LogP contribution in [0.15, 0.2) is 22.8 Å². The highest BCUT2D eigenvalue weighted by Crippen LogP contribution is 2.29. The van der Waals surface area contributed by atoms with Crippen molar-refractivity contribution in [3.05, 3.63) is 34.5 Å². The molecule has 1 heterocycles. The second-order valence-electron chi connectivity index (χ2n) is 3.04. The maximum Gasteiger partial charge on any atom is 0.135 e. The molecular formula is C10H9ClO. The van der Waals surface area contributed by atoms with E-state index < -0.39 is 0 Å². The molecule has 0 radical (unpaired) electrons. The van der Waals surface area contributed by atoms with Gasteiger partial charge in [-0.25, -0.2) is 0 Å². The van der Waals surface area contributed by atoms with Gasteiger partial charge in [0.25, 0.3) is 0 Å². The molecule has 1 nitrogen and oxygen atoms in total. The van der Waals surface area contributed by atoms with Crippen LogP contribution in [-0.2, 0) is 0 Å². The molecule has 0 aliphatic rings. The number of halogens is 1. The summed E-state index contributed by atoms with van der Waals surface area (Å²) in [5.74, 6) is 0. The molecule has 2 heteroatoms. The van der Waals surface area contributed by atoms with E-state index in [0.29, 0.717) is 0 Å². The summed E-state index contributed by atoms with van der Waals surface area (Å²) in [4.78, 5) is 0. The molecule has 62 valence electrons. The van der Waals surface area contributed by atoms with Gasteiger partial charge in [-0.05, 0) is 37.1 Å². The number of hydrogen-bond donors (Lipinski definition) is 0. The van der Waals surface area contributed by atoms with Gasteiger partial charge >= 0.3 is 0 Å². The lowest BCUT2D eigenvalue weighted by molar-refractivity contribution is 0.613. The maximum atomic E-state index is 6.05. The van der Waals surface area contributed by atoms with E-state index in [1.807, 2.05) is 26.0 Å². The van der Waals surface area contributed by atoms with Gasteiger partial charge in [-0.2, -0.15) is 0 Å². The summed E-state index contributed by atoms with van der Waals surface area (Å²) in [7, 11) is 0. The van der Waals surface area contributed by atoms with E-state index in [0.717, 1.165) is 27.1 Å². The summed E-state index contributed by atoms with van der Waals surface area (Å²) in [6.07, 6.45) is 1.73. The highest BCUT2D eigenvalue weighted by Gasteiger charge is 2.06. The summed E-state index contributed by atoms with van der Waals surface area (Å²) in [5.41, 5.74) is 3.09. The van der Waals surface area contributed by atoms with E-state index >= 15 is 0 Å². The van der Waals surface area contributed by atoms with Crippen LogP contribution in [-0.4, -0.2) is 0 Å². The molecule has 2 aromatic rings. The number of furan rings is 1. The SMILES string of the molecule is Cc1cc(Cl)c2c(C)coc2c1. The van der Waals surface area contributed by atoms with Crippen LogP contribution >= 0.6 is 11.6 Å². The van der Waals surface area contributed by atoms with E-state index in [2.05, 4.69) is 0 Å². The van der Waals surface area contributed by atoms with Crippen LogP contribution in [0, 0.1) is 13.8 Å². The fraction of sp³-hybridized carbons (Fsp3) is 0.200. The summed E-state index contributed by atoms with van der Waals surface area (Å²) in [6, 6.07) is 3.95.